The van der Waals surface area contributed by atoms with Gasteiger partial charge in [0, 0.05) is 18.5 Å². The van der Waals surface area contributed by atoms with Crippen LogP contribution >= 0.6 is 11.6 Å². The van der Waals surface area contributed by atoms with Crippen LogP contribution in [0.15, 0.2) is 43.0 Å². The molecule has 0 saturated carbocycles. The summed E-state index contributed by atoms with van der Waals surface area (Å²) >= 11 is 5.88. The molecule has 0 aliphatic carbocycles. The lowest BCUT2D eigenvalue weighted by Crippen LogP contribution is -2.16. The Balaban J connectivity index is 1.89. The van der Waals surface area contributed by atoms with Crippen molar-refractivity contribution in [3.8, 4) is 5.82 Å². The molecule has 0 saturated heterocycles. The Morgan fingerprint density at radius 1 is 1.30 bits per heavy atom. The smallest absolute Gasteiger partial charge is 0.261 e. The van der Waals surface area contributed by atoms with E-state index >= 15 is 0 Å². The largest absolute Gasteiger partial charge is 0.306 e. The minimum Gasteiger partial charge on any atom is -0.306 e. The van der Waals surface area contributed by atoms with Crippen LogP contribution in [0.1, 0.15) is 16.2 Å². The monoisotopic (exact) mass is 331 g/mol. The van der Waals surface area contributed by atoms with Gasteiger partial charge in [-0.05, 0) is 19.1 Å². The number of benzene rings is 1. The van der Waals surface area contributed by atoms with E-state index in [1.807, 2.05) is 6.92 Å². The van der Waals surface area contributed by atoms with Crippen molar-refractivity contribution in [2.24, 2.45) is 0 Å². The van der Waals surface area contributed by atoms with E-state index in [1.54, 1.807) is 23.0 Å². The Hall–Kier alpha value is -2.80. The second-order valence-corrected chi connectivity index (χ2v) is 5.06. The average molecular weight is 332 g/mol. The molecule has 2 heterocycles. The Kier molecular flexibility index (Phi) is 4.03. The Morgan fingerprint density at radius 2 is 2.13 bits per heavy atom. The number of hydrogen-bond donors (Lipinski definition) is 1. The van der Waals surface area contributed by atoms with Crippen molar-refractivity contribution in [1.29, 1.82) is 0 Å². The number of anilines is 1. The molecule has 0 fully saturated rings. The molecular formula is C15H11ClFN5O. The fraction of sp³-hybridized carbons (Fsp3) is 0.0667. The number of nitrogens with one attached hydrogen (secondary N) is 1. The summed E-state index contributed by atoms with van der Waals surface area (Å²) in [7, 11) is 0. The second kappa shape index (κ2) is 6.13. The van der Waals surface area contributed by atoms with E-state index in [-0.39, 0.29) is 16.4 Å². The van der Waals surface area contributed by atoms with E-state index in [2.05, 4.69) is 20.3 Å². The van der Waals surface area contributed by atoms with Crippen LogP contribution in [0.4, 0.5) is 10.2 Å². The van der Waals surface area contributed by atoms with Crippen molar-refractivity contribution >= 4 is 23.3 Å². The van der Waals surface area contributed by atoms with Gasteiger partial charge in [0.15, 0.2) is 0 Å². The number of carbonyl (C=O) groups excluding carboxylic acids is 1. The van der Waals surface area contributed by atoms with Gasteiger partial charge in [0.05, 0.1) is 10.6 Å². The van der Waals surface area contributed by atoms with Crippen LogP contribution in [0.3, 0.4) is 0 Å². The fourth-order valence-electron chi connectivity index (χ4n) is 2.06. The van der Waals surface area contributed by atoms with E-state index in [0.717, 1.165) is 5.82 Å². The number of halogens is 2. The fourth-order valence-corrected chi connectivity index (χ4v) is 2.31. The van der Waals surface area contributed by atoms with Crippen molar-refractivity contribution in [3.05, 3.63) is 65.2 Å². The zero-order chi connectivity index (χ0) is 16.4. The molecule has 6 nitrogen and oxygen atoms in total. The molecule has 0 spiro atoms. The van der Waals surface area contributed by atoms with Gasteiger partial charge in [-0.1, -0.05) is 17.7 Å². The molecule has 1 amide bonds. The summed E-state index contributed by atoms with van der Waals surface area (Å²) in [4.78, 5) is 24.4. The number of imidazole rings is 1. The zero-order valence-corrected chi connectivity index (χ0v) is 12.8. The highest BCUT2D eigenvalue weighted by molar-refractivity contribution is 6.34. The molecule has 116 valence electrons. The maximum absolute atomic E-state index is 13.8. The highest BCUT2D eigenvalue weighted by atomic mass is 35.5. The Labute approximate surface area is 136 Å². The van der Waals surface area contributed by atoms with Crippen molar-refractivity contribution in [3.63, 3.8) is 0 Å². The molecule has 3 rings (SSSR count). The molecule has 0 atom stereocenters. The van der Waals surface area contributed by atoms with E-state index in [9.17, 15) is 9.18 Å². The van der Waals surface area contributed by atoms with E-state index in [4.69, 9.17) is 11.6 Å². The number of aryl methyl sites for hydroxylation is 1. The van der Waals surface area contributed by atoms with Gasteiger partial charge in [0.2, 0.25) is 0 Å². The summed E-state index contributed by atoms with van der Waals surface area (Å²) in [6, 6.07) is 5.60. The van der Waals surface area contributed by atoms with Gasteiger partial charge in [-0.2, -0.15) is 0 Å². The maximum atomic E-state index is 13.8. The van der Waals surface area contributed by atoms with Gasteiger partial charge in [-0.25, -0.2) is 19.3 Å². The molecule has 0 aliphatic heterocycles. The molecule has 3 aromatic rings. The molecule has 8 heteroatoms. The number of aromatic nitrogens is 4. The lowest BCUT2D eigenvalue weighted by atomic mass is 10.2. The van der Waals surface area contributed by atoms with Crippen molar-refractivity contribution in [2.45, 2.75) is 6.92 Å². The quantitative estimate of drug-likeness (QED) is 0.800. The zero-order valence-electron chi connectivity index (χ0n) is 12.0. The third-order valence-electron chi connectivity index (χ3n) is 3.16. The summed E-state index contributed by atoms with van der Waals surface area (Å²) in [5, 5.41) is 2.54. The predicted molar refractivity (Wildman–Crippen MR) is 83.3 cm³/mol. The van der Waals surface area contributed by atoms with Crippen LogP contribution in [0, 0.1) is 12.7 Å². The van der Waals surface area contributed by atoms with Crippen LogP contribution in [0.2, 0.25) is 5.02 Å². The minimum atomic E-state index is -0.699. The maximum Gasteiger partial charge on any atom is 0.261 e. The molecular weight excluding hydrogens is 321 g/mol. The van der Waals surface area contributed by atoms with Gasteiger partial charge in [0.1, 0.15) is 29.6 Å². The molecule has 0 aliphatic rings. The second-order valence-electron chi connectivity index (χ2n) is 4.66. The molecule has 0 radical (unpaired) electrons. The third kappa shape index (κ3) is 3.04. The van der Waals surface area contributed by atoms with E-state index in [1.165, 1.54) is 24.5 Å². The summed E-state index contributed by atoms with van der Waals surface area (Å²) < 4.78 is 15.5. The lowest BCUT2D eigenvalue weighted by molar-refractivity contribution is 0.102. The van der Waals surface area contributed by atoms with Crippen molar-refractivity contribution in [1.82, 2.24) is 19.5 Å². The highest BCUT2D eigenvalue weighted by Gasteiger charge is 2.16. The number of carbonyl (C=O) groups is 1. The van der Waals surface area contributed by atoms with Crippen LogP contribution in [0.25, 0.3) is 5.82 Å². The minimum absolute atomic E-state index is 0.0298. The Morgan fingerprint density at radius 3 is 2.83 bits per heavy atom. The number of hydrogen-bond acceptors (Lipinski definition) is 4. The first-order valence-electron chi connectivity index (χ1n) is 6.64. The number of rotatable bonds is 3. The first-order chi connectivity index (χ1) is 11.1. The summed E-state index contributed by atoms with van der Waals surface area (Å²) in [5.74, 6) is 0.116. The molecule has 0 unspecified atom stereocenters. The van der Waals surface area contributed by atoms with Gasteiger partial charge in [0.25, 0.3) is 5.91 Å². The number of amides is 1. The molecule has 0 bridgehead atoms. The predicted octanol–water partition coefficient (Wildman–Crippen LogP) is 3.02. The van der Waals surface area contributed by atoms with Crippen molar-refractivity contribution < 1.29 is 9.18 Å². The third-order valence-corrected chi connectivity index (χ3v) is 3.47. The van der Waals surface area contributed by atoms with Gasteiger partial charge >= 0.3 is 0 Å². The standard InChI is InChI=1S/C15H11ClFN5O/c1-9-18-5-6-22(9)13-7-12(19-8-20-13)21-15(23)14-10(16)3-2-4-11(14)17/h2-8H,1H3,(H,19,20,21,23). The molecule has 2 aromatic heterocycles. The summed E-state index contributed by atoms with van der Waals surface area (Å²) in [6.07, 6.45) is 4.67. The Bertz CT molecular complexity index is 860. The first kappa shape index (κ1) is 15.1. The summed E-state index contributed by atoms with van der Waals surface area (Å²) in [6.45, 7) is 1.82. The van der Waals surface area contributed by atoms with E-state index in [0.29, 0.717) is 5.82 Å². The topological polar surface area (TPSA) is 72.7 Å². The summed E-state index contributed by atoms with van der Waals surface area (Å²) in [5.41, 5.74) is -0.229. The SMILES string of the molecule is Cc1nccn1-c1cc(NC(=O)c2c(F)cccc2Cl)ncn1. The van der Waals surface area contributed by atoms with Crippen LogP contribution in [-0.2, 0) is 0 Å². The lowest BCUT2D eigenvalue weighted by Gasteiger charge is -2.09. The first-order valence-corrected chi connectivity index (χ1v) is 7.02. The van der Waals surface area contributed by atoms with Crippen molar-refractivity contribution in [2.75, 3.05) is 5.32 Å². The normalized spacial score (nSPS) is 10.6. The van der Waals surface area contributed by atoms with Gasteiger partial charge in [-0.15, -0.1) is 0 Å². The van der Waals surface area contributed by atoms with Crippen LogP contribution in [-0.4, -0.2) is 25.4 Å². The average Bonchev–Trinajstić information content (AvgIpc) is 2.93. The van der Waals surface area contributed by atoms with E-state index < -0.39 is 11.7 Å². The van der Waals surface area contributed by atoms with Crippen LogP contribution < -0.4 is 5.32 Å². The number of nitrogens with zero attached hydrogens (tertiary/aromatic N) is 4. The molecule has 1 N–H and O–H groups in total. The molecule has 23 heavy (non-hydrogen) atoms. The van der Waals surface area contributed by atoms with Crippen LogP contribution in [0.5, 0.6) is 0 Å². The molecule has 1 aromatic carbocycles. The van der Waals surface area contributed by atoms with Gasteiger partial charge < -0.3 is 5.32 Å². The van der Waals surface area contributed by atoms with Gasteiger partial charge in [-0.3, -0.25) is 9.36 Å². The highest BCUT2D eigenvalue weighted by Crippen LogP contribution is 2.20.